The number of carbonyl (C=O) groups is 1. The highest BCUT2D eigenvalue weighted by Crippen LogP contribution is 2.31. The summed E-state index contributed by atoms with van der Waals surface area (Å²) < 4.78 is 38.1. The van der Waals surface area contributed by atoms with Gasteiger partial charge in [-0.3, -0.25) is 4.79 Å². The van der Waals surface area contributed by atoms with Crippen molar-refractivity contribution in [2.24, 2.45) is 0 Å². The van der Waals surface area contributed by atoms with Gasteiger partial charge in [0.2, 0.25) is 10.0 Å². The Balaban J connectivity index is 1.49. The van der Waals surface area contributed by atoms with Crippen molar-refractivity contribution in [3.8, 4) is 5.75 Å². The maximum absolute atomic E-state index is 13.1. The maximum atomic E-state index is 13.1. The molecule has 0 saturated carbocycles. The number of carbonyl (C=O) groups excluding carboxylic acids is 1. The highest BCUT2D eigenvalue weighted by molar-refractivity contribution is 7.89. The molecule has 1 fully saturated rings. The fourth-order valence-corrected chi connectivity index (χ4v) is 5.62. The van der Waals surface area contributed by atoms with Gasteiger partial charge in [-0.15, -0.1) is 0 Å². The van der Waals surface area contributed by atoms with Crippen LogP contribution in [0.3, 0.4) is 0 Å². The number of ether oxygens (including phenoxy) is 2. The zero-order valence-electron chi connectivity index (χ0n) is 17.3. The summed E-state index contributed by atoms with van der Waals surface area (Å²) in [6.45, 7) is 3.66. The summed E-state index contributed by atoms with van der Waals surface area (Å²) in [6.07, 6.45) is 1.06. The number of hydrogen-bond acceptors (Lipinski definition) is 5. The van der Waals surface area contributed by atoms with Gasteiger partial charge in [-0.05, 0) is 49.6 Å². The molecule has 0 N–H and O–H groups in total. The third-order valence-electron chi connectivity index (χ3n) is 5.54. The predicted molar refractivity (Wildman–Crippen MR) is 118 cm³/mol. The maximum Gasteiger partial charge on any atom is 0.267 e. The van der Waals surface area contributed by atoms with Crippen molar-refractivity contribution in [1.29, 1.82) is 0 Å². The van der Waals surface area contributed by atoms with Gasteiger partial charge in [0.1, 0.15) is 5.75 Å². The van der Waals surface area contributed by atoms with Crippen molar-refractivity contribution in [3.63, 3.8) is 0 Å². The number of halogens is 1. The molecule has 0 aromatic heterocycles. The SMILES string of the molecule is CC(Oc1ccc(S(=O)(=O)N2CCOCC2)cc1Cl)C(=O)N1CCCc2ccccc21. The standard InChI is InChI=1S/C22H25ClN2O5S/c1-16(22(26)25-10-4-6-17-5-2-3-7-20(17)25)30-21-9-8-18(15-19(21)23)31(27,28)24-11-13-29-14-12-24/h2-3,5,7-9,15-16H,4,6,10-14H2,1H3. The Morgan fingerprint density at radius 2 is 1.87 bits per heavy atom. The Labute approximate surface area is 187 Å². The summed E-state index contributed by atoms with van der Waals surface area (Å²) in [6, 6.07) is 12.2. The van der Waals surface area contributed by atoms with Gasteiger partial charge in [0.25, 0.3) is 5.91 Å². The molecule has 1 unspecified atom stereocenters. The summed E-state index contributed by atoms with van der Waals surface area (Å²) in [7, 11) is -3.66. The first-order chi connectivity index (χ1) is 14.9. The molecule has 2 aromatic carbocycles. The van der Waals surface area contributed by atoms with Crippen LogP contribution in [-0.2, 0) is 26.0 Å². The van der Waals surface area contributed by atoms with E-state index in [1.54, 1.807) is 11.8 Å². The van der Waals surface area contributed by atoms with Crippen molar-refractivity contribution < 1.29 is 22.7 Å². The number of nitrogens with zero attached hydrogens (tertiary/aromatic N) is 2. The first-order valence-electron chi connectivity index (χ1n) is 10.3. The average molecular weight is 465 g/mol. The van der Waals surface area contributed by atoms with Crippen LogP contribution in [0.4, 0.5) is 5.69 Å². The lowest BCUT2D eigenvalue weighted by molar-refractivity contribution is -0.124. The smallest absolute Gasteiger partial charge is 0.267 e. The molecular weight excluding hydrogens is 440 g/mol. The number of para-hydroxylation sites is 1. The quantitative estimate of drug-likeness (QED) is 0.679. The van der Waals surface area contributed by atoms with Gasteiger partial charge in [0.05, 0.1) is 23.1 Å². The van der Waals surface area contributed by atoms with Gasteiger partial charge in [0.15, 0.2) is 6.10 Å². The van der Waals surface area contributed by atoms with Crippen molar-refractivity contribution >= 4 is 33.2 Å². The van der Waals surface area contributed by atoms with Crippen LogP contribution in [-0.4, -0.2) is 57.6 Å². The molecule has 2 heterocycles. The second-order valence-corrected chi connectivity index (χ2v) is 9.94. The molecule has 2 aliphatic heterocycles. The van der Waals surface area contributed by atoms with Crippen molar-refractivity contribution in [2.45, 2.75) is 30.8 Å². The van der Waals surface area contributed by atoms with Gasteiger partial charge in [-0.25, -0.2) is 8.42 Å². The van der Waals surface area contributed by atoms with E-state index in [1.165, 1.54) is 22.5 Å². The van der Waals surface area contributed by atoms with Crippen molar-refractivity contribution in [2.75, 3.05) is 37.7 Å². The first-order valence-corrected chi connectivity index (χ1v) is 12.1. The molecule has 1 saturated heterocycles. The van der Waals surface area contributed by atoms with E-state index in [4.69, 9.17) is 21.1 Å². The van der Waals surface area contributed by atoms with Gasteiger partial charge in [0, 0.05) is 25.3 Å². The third kappa shape index (κ3) is 4.57. The molecule has 0 radical (unpaired) electrons. The van der Waals surface area contributed by atoms with Crippen LogP contribution >= 0.6 is 11.6 Å². The zero-order chi connectivity index (χ0) is 22.0. The number of rotatable bonds is 5. The number of sulfonamides is 1. The Morgan fingerprint density at radius 3 is 2.61 bits per heavy atom. The molecule has 9 heteroatoms. The second-order valence-electron chi connectivity index (χ2n) is 7.59. The fourth-order valence-electron chi connectivity index (χ4n) is 3.90. The highest BCUT2D eigenvalue weighted by Gasteiger charge is 2.29. The fraction of sp³-hybridized carbons (Fsp3) is 0.409. The van der Waals surface area contributed by atoms with Crippen LogP contribution in [0, 0.1) is 0 Å². The van der Waals surface area contributed by atoms with E-state index >= 15 is 0 Å². The van der Waals surface area contributed by atoms with Gasteiger partial charge in [-0.2, -0.15) is 4.31 Å². The molecule has 0 bridgehead atoms. The molecule has 2 aliphatic rings. The molecule has 7 nitrogen and oxygen atoms in total. The predicted octanol–water partition coefficient (Wildman–Crippen LogP) is 3.11. The van der Waals surface area contributed by atoms with E-state index in [1.807, 2.05) is 24.3 Å². The molecule has 31 heavy (non-hydrogen) atoms. The molecule has 0 aliphatic carbocycles. The van der Waals surface area contributed by atoms with Crippen LogP contribution < -0.4 is 9.64 Å². The number of amides is 1. The summed E-state index contributed by atoms with van der Waals surface area (Å²) in [5.41, 5.74) is 2.05. The molecule has 1 atom stereocenters. The number of aryl methyl sites for hydroxylation is 1. The number of morpholine rings is 1. The lowest BCUT2D eigenvalue weighted by Gasteiger charge is -2.31. The van der Waals surface area contributed by atoms with Crippen LogP contribution in [0.2, 0.25) is 5.02 Å². The monoisotopic (exact) mass is 464 g/mol. The highest BCUT2D eigenvalue weighted by atomic mass is 35.5. The van der Waals surface area contributed by atoms with E-state index < -0.39 is 16.1 Å². The minimum atomic E-state index is -3.66. The van der Waals surface area contributed by atoms with Crippen LogP contribution in [0.1, 0.15) is 18.9 Å². The molecule has 166 valence electrons. The van der Waals surface area contributed by atoms with E-state index in [-0.39, 0.29) is 21.6 Å². The summed E-state index contributed by atoms with van der Waals surface area (Å²) >= 11 is 6.33. The topological polar surface area (TPSA) is 76.1 Å². The van der Waals surface area contributed by atoms with E-state index in [9.17, 15) is 13.2 Å². The zero-order valence-corrected chi connectivity index (χ0v) is 18.9. The van der Waals surface area contributed by atoms with Gasteiger partial charge in [-0.1, -0.05) is 29.8 Å². The minimum absolute atomic E-state index is 0.0932. The van der Waals surface area contributed by atoms with E-state index in [0.717, 1.165) is 24.1 Å². The third-order valence-corrected chi connectivity index (χ3v) is 7.73. The number of benzene rings is 2. The Morgan fingerprint density at radius 1 is 1.13 bits per heavy atom. The van der Waals surface area contributed by atoms with E-state index in [2.05, 4.69) is 0 Å². The van der Waals surface area contributed by atoms with Gasteiger partial charge >= 0.3 is 0 Å². The number of fused-ring (bicyclic) bond motifs is 1. The van der Waals surface area contributed by atoms with E-state index in [0.29, 0.717) is 32.8 Å². The lowest BCUT2D eigenvalue weighted by atomic mass is 10.0. The average Bonchev–Trinajstić information content (AvgIpc) is 2.80. The molecule has 4 rings (SSSR count). The molecule has 2 aromatic rings. The second kappa shape index (κ2) is 9.16. The summed E-state index contributed by atoms with van der Waals surface area (Å²) in [5, 5.41) is 0.146. The van der Waals surface area contributed by atoms with Crippen LogP contribution in [0.25, 0.3) is 0 Å². The molecule has 0 spiro atoms. The number of hydrogen-bond donors (Lipinski definition) is 0. The Bertz CT molecular complexity index is 1070. The summed E-state index contributed by atoms with van der Waals surface area (Å²) in [4.78, 5) is 14.9. The minimum Gasteiger partial charge on any atom is -0.479 e. The number of anilines is 1. The Hall–Kier alpha value is -2.13. The molecule has 1 amide bonds. The van der Waals surface area contributed by atoms with Crippen LogP contribution in [0.15, 0.2) is 47.4 Å². The largest absolute Gasteiger partial charge is 0.479 e. The normalized spacial score (nSPS) is 18.3. The Kier molecular flexibility index (Phi) is 6.52. The van der Waals surface area contributed by atoms with Crippen molar-refractivity contribution in [1.82, 2.24) is 4.31 Å². The molecular formula is C22H25ClN2O5S. The lowest BCUT2D eigenvalue weighted by Crippen LogP contribution is -2.43. The van der Waals surface area contributed by atoms with Crippen molar-refractivity contribution in [3.05, 3.63) is 53.1 Å². The van der Waals surface area contributed by atoms with Gasteiger partial charge < -0.3 is 14.4 Å². The van der Waals surface area contributed by atoms with Crippen LogP contribution in [0.5, 0.6) is 5.75 Å². The first kappa shape index (κ1) is 22.1. The summed E-state index contributed by atoms with van der Waals surface area (Å²) in [5.74, 6) is 0.113.